The number of hydrogen-bond donors (Lipinski definition) is 1. The molecule has 1 N–H and O–H groups in total. The van der Waals surface area contributed by atoms with Crippen LogP contribution in [0.2, 0.25) is 5.02 Å². The summed E-state index contributed by atoms with van der Waals surface area (Å²) in [7, 11) is 0. The maximum atomic E-state index is 12.2. The van der Waals surface area contributed by atoms with Crippen LogP contribution in [0.1, 0.15) is 11.9 Å². The van der Waals surface area contributed by atoms with Crippen molar-refractivity contribution in [2.45, 2.75) is 12.5 Å². The van der Waals surface area contributed by atoms with Gasteiger partial charge in [-0.2, -0.15) is 0 Å². The summed E-state index contributed by atoms with van der Waals surface area (Å²) in [6, 6.07) is 6.30. The van der Waals surface area contributed by atoms with Crippen LogP contribution in [0.4, 0.5) is 8.78 Å². The summed E-state index contributed by atoms with van der Waals surface area (Å²) in [6.45, 7) is 0. The van der Waals surface area contributed by atoms with Gasteiger partial charge >= 0.3 is 0 Å². The molecule has 15 heavy (non-hydrogen) atoms. The average Bonchev–Trinajstić information content (AvgIpc) is 2.61. The molecule has 2 aromatic rings. The summed E-state index contributed by atoms with van der Waals surface area (Å²) >= 11 is 5.79. The number of alkyl halides is 2. The first kappa shape index (κ1) is 10.4. The van der Waals surface area contributed by atoms with Crippen LogP contribution in [0.5, 0.6) is 0 Å². The first-order chi connectivity index (χ1) is 7.09. The monoisotopic (exact) mass is 232 g/mol. The summed E-state index contributed by atoms with van der Waals surface area (Å²) in [4.78, 5) is 0. The highest BCUT2D eigenvalue weighted by Gasteiger charge is 2.23. The van der Waals surface area contributed by atoms with Crippen LogP contribution in [0.25, 0.3) is 11.0 Å². The third-order valence-corrected chi connectivity index (χ3v) is 2.34. The number of furan rings is 1. The molecule has 1 aromatic heterocycles. The van der Waals surface area contributed by atoms with Gasteiger partial charge in [0.15, 0.2) is 11.7 Å². The molecule has 0 saturated carbocycles. The molecule has 2 nitrogen and oxygen atoms in total. The van der Waals surface area contributed by atoms with Gasteiger partial charge in [-0.3, -0.25) is 0 Å². The third-order valence-electron chi connectivity index (χ3n) is 2.05. The van der Waals surface area contributed by atoms with E-state index in [1.165, 1.54) is 6.07 Å². The third kappa shape index (κ3) is 1.82. The number of rotatable bonds is 2. The number of hydrogen-bond acceptors (Lipinski definition) is 2. The number of fused-ring (bicyclic) bond motifs is 1. The van der Waals surface area contributed by atoms with Gasteiger partial charge in [0, 0.05) is 5.39 Å². The average molecular weight is 233 g/mol. The van der Waals surface area contributed by atoms with Gasteiger partial charge < -0.3 is 9.52 Å². The lowest BCUT2D eigenvalue weighted by Gasteiger charge is -2.04. The Morgan fingerprint density at radius 2 is 2.07 bits per heavy atom. The minimum absolute atomic E-state index is 0.173. The first-order valence-corrected chi connectivity index (χ1v) is 4.61. The molecule has 0 aliphatic carbocycles. The molecule has 1 aromatic carbocycles. The van der Waals surface area contributed by atoms with E-state index >= 15 is 0 Å². The van der Waals surface area contributed by atoms with Crippen molar-refractivity contribution < 1.29 is 18.3 Å². The van der Waals surface area contributed by atoms with Crippen molar-refractivity contribution in [3.05, 3.63) is 35.0 Å². The summed E-state index contributed by atoms with van der Waals surface area (Å²) in [5.74, 6) is -0.173. The van der Waals surface area contributed by atoms with Crippen molar-refractivity contribution in [3.8, 4) is 0 Å². The minimum Gasteiger partial charge on any atom is -0.457 e. The van der Waals surface area contributed by atoms with E-state index in [-0.39, 0.29) is 5.76 Å². The van der Waals surface area contributed by atoms with E-state index in [1.54, 1.807) is 18.2 Å². The van der Waals surface area contributed by atoms with E-state index < -0.39 is 12.5 Å². The standard InChI is InChI=1S/C10H7ClF2O2/c11-6-3-1-2-5-4-7(15-9(5)6)8(14)10(12)13/h1-4,8,10,14H. The van der Waals surface area contributed by atoms with Crippen LogP contribution in [-0.2, 0) is 0 Å². The Morgan fingerprint density at radius 3 is 2.67 bits per heavy atom. The van der Waals surface area contributed by atoms with E-state index in [1.807, 2.05) is 0 Å². The van der Waals surface area contributed by atoms with Crippen molar-refractivity contribution in [2.75, 3.05) is 0 Å². The zero-order chi connectivity index (χ0) is 11.0. The van der Waals surface area contributed by atoms with Crippen LogP contribution in [-0.4, -0.2) is 11.5 Å². The van der Waals surface area contributed by atoms with Crippen molar-refractivity contribution in [1.29, 1.82) is 0 Å². The molecule has 0 bridgehead atoms. The lowest BCUT2D eigenvalue weighted by molar-refractivity contribution is -0.0168. The van der Waals surface area contributed by atoms with E-state index in [4.69, 9.17) is 21.1 Å². The Balaban J connectivity index is 2.52. The highest BCUT2D eigenvalue weighted by molar-refractivity contribution is 6.34. The lowest BCUT2D eigenvalue weighted by Crippen LogP contribution is -2.06. The molecule has 0 aliphatic heterocycles. The Kier molecular flexibility index (Phi) is 2.63. The highest BCUT2D eigenvalue weighted by atomic mass is 35.5. The highest BCUT2D eigenvalue weighted by Crippen LogP contribution is 2.31. The predicted octanol–water partition coefficient (Wildman–Crippen LogP) is 3.38. The second-order valence-electron chi connectivity index (χ2n) is 3.09. The van der Waals surface area contributed by atoms with Crippen molar-refractivity contribution in [3.63, 3.8) is 0 Å². The van der Waals surface area contributed by atoms with Gasteiger partial charge in [0.1, 0.15) is 5.76 Å². The number of para-hydroxylation sites is 1. The number of benzene rings is 1. The summed E-state index contributed by atoms with van der Waals surface area (Å²) < 4.78 is 29.5. The SMILES string of the molecule is OC(c1cc2cccc(Cl)c2o1)C(F)F. The summed E-state index contributed by atoms with van der Waals surface area (Å²) in [5, 5.41) is 10.0. The fourth-order valence-electron chi connectivity index (χ4n) is 1.32. The quantitative estimate of drug-likeness (QED) is 0.861. The van der Waals surface area contributed by atoms with Gasteiger partial charge in [-0.1, -0.05) is 23.7 Å². The maximum Gasteiger partial charge on any atom is 0.271 e. The van der Waals surface area contributed by atoms with Gasteiger partial charge in [-0.25, -0.2) is 8.78 Å². The number of aliphatic hydroxyl groups excluding tert-OH is 1. The van der Waals surface area contributed by atoms with E-state index in [2.05, 4.69) is 0 Å². The summed E-state index contributed by atoms with van der Waals surface area (Å²) in [6.07, 6.45) is -4.78. The molecule has 0 spiro atoms. The van der Waals surface area contributed by atoms with E-state index in [0.29, 0.717) is 16.0 Å². The zero-order valence-corrected chi connectivity index (χ0v) is 8.21. The molecular weight excluding hydrogens is 226 g/mol. The number of halogens is 3. The van der Waals surface area contributed by atoms with Gasteiger partial charge in [0.25, 0.3) is 6.43 Å². The molecule has 1 atom stereocenters. The Morgan fingerprint density at radius 1 is 1.33 bits per heavy atom. The molecule has 0 fully saturated rings. The number of aliphatic hydroxyl groups is 1. The smallest absolute Gasteiger partial charge is 0.271 e. The molecule has 0 radical (unpaired) electrons. The van der Waals surface area contributed by atoms with Crippen molar-refractivity contribution in [1.82, 2.24) is 0 Å². The molecule has 1 unspecified atom stereocenters. The Labute approximate surface area is 89.1 Å². The minimum atomic E-state index is -2.87. The maximum absolute atomic E-state index is 12.2. The normalized spacial score (nSPS) is 13.7. The Bertz CT molecular complexity index is 481. The Hall–Kier alpha value is -1.13. The van der Waals surface area contributed by atoms with Crippen LogP contribution in [0, 0.1) is 0 Å². The zero-order valence-electron chi connectivity index (χ0n) is 7.45. The van der Waals surface area contributed by atoms with Gasteiger partial charge in [-0.15, -0.1) is 0 Å². The van der Waals surface area contributed by atoms with Crippen LogP contribution in [0.3, 0.4) is 0 Å². The van der Waals surface area contributed by atoms with Gasteiger partial charge in [0.2, 0.25) is 0 Å². The fraction of sp³-hybridized carbons (Fsp3) is 0.200. The predicted molar refractivity (Wildman–Crippen MR) is 52.2 cm³/mol. The molecule has 0 aliphatic rings. The van der Waals surface area contributed by atoms with Crippen LogP contribution in [0.15, 0.2) is 28.7 Å². The van der Waals surface area contributed by atoms with Crippen molar-refractivity contribution in [2.24, 2.45) is 0 Å². The molecular formula is C10H7ClF2O2. The van der Waals surface area contributed by atoms with Crippen molar-refractivity contribution >= 4 is 22.6 Å². The van der Waals surface area contributed by atoms with E-state index in [0.717, 1.165) is 0 Å². The topological polar surface area (TPSA) is 33.4 Å². The molecule has 5 heteroatoms. The first-order valence-electron chi connectivity index (χ1n) is 4.24. The molecule has 0 saturated heterocycles. The van der Waals surface area contributed by atoms with Gasteiger partial charge in [-0.05, 0) is 12.1 Å². The molecule has 0 amide bonds. The van der Waals surface area contributed by atoms with Crippen LogP contribution < -0.4 is 0 Å². The second kappa shape index (κ2) is 3.79. The van der Waals surface area contributed by atoms with E-state index in [9.17, 15) is 8.78 Å². The van der Waals surface area contributed by atoms with Crippen LogP contribution >= 0.6 is 11.6 Å². The summed E-state index contributed by atoms with van der Waals surface area (Å²) in [5.41, 5.74) is 0.314. The lowest BCUT2D eigenvalue weighted by atomic mass is 10.2. The van der Waals surface area contributed by atoms with Gasteiger partial charge in [0.05, 0.1) is 5.02 Å². The second-order valence-corrected chi connectivity index (χ2v) is 3.49. The fourth-order valence-corrected chi connectivity index (χ4v) is 1.54. The molecule has 1 heterocycles. The molecule has 80 valence electrons. The largest absolute Gasteiger partial charge is 0.457 e. The molecule has 2 rings (SSSR count).